The van der Waals surface area contributed by atoms with Gasteiger partial charge in [0.15, 0.2) is 11.5 Å². The number of aliphatic hydroxyl groups excluding tert-OH is 1. The lowest BCUT2D eigenvalue weighted by atomic mass is 10.1. The van der Waals surface area contributed by atoms with Gasteiger partial charge in [-0.3, -0.25) is 9.11 Å². The summed E-state index contributed by atoms with van der Waals surface area (Å²) in [5.41, 5.74) is 7.52. The molecule has 2 aromatic rings. The molecule has 0 fully saturated rings. The van der Waals surface area contributed by atoms with E-state index in [2.05, 4.69) is 17.4 Å². The van der Waals surface area contributed by atoms with Crippen molar-refractivity contribution < 1.29 is 32.8 Å². The van der Waals surface area contributed by atoms with E-state index in [1.807, 2.05) is 39.0 Å². The summed E-state index contributed by atoms with van der Waals surface area (Å²) in [6, 6.07) is 15.2. The first kappa shape index (κ1) is 27.8. The van der Waals surface area contributed by atoms with Crippen molar-refractivity contribution in [2.45, 2.75) is 45.4 Å². The van der Waals surface area contributed by atoms with Crippen LogP contribution in [0.25, 0.3) is 0 Å². The summed E-state index contributed by atoms with van der Waals surface area (Å²) in [5.74, 6) is -0.390. The first-order valence-electron chi connectivity index (χ1n) is 9.22. The number of hydrogen-bond donors (Lipinski definition) is 7. The fourth-order valence-electron chi connectivity index (χ4n) is 2.20. The smallest absolute Gasteiger partial charge is 0.394 e. The Morgan fingerprint density at radius 1 is 0.967 bits per heavy atom. The molecule has 0 aliphatic rings. The second kappa shape index (κ2) is 13.9. The quantitative estimate of drug-likeness (QED) is 0.260. The van der Waals surface area contributed by atoms with Crippen molar-refractivity contribution in [3.63, 3.8) is 0 Å². The van der Waals surface area contributed by atoms with Crippen LogP contribution in [0.3, 0.4) is 0 Å². The molecule has 0 bridgehead atoms. The van der Waals surface area contributed by atoms with Gasteiger partial charge in [-0.05, 0) is 36.6 Å². The van der Waals surface area contributed by atoms with Gasteiger partial charge in [-0.1, -0.05) is 50.2 Å². The maximum Gasteiger partial charge on any atom is 0.394 e. The molecule has 0 aliphatic carbocycles. The SMILES string of the molecule is CC(C)NCC(O)c1ccc(O)c(O)c1.CC(N)Cc1ccccc1.O=S(=O)(O)O. The molecule has 2 aromatic carbocycles. The summed E-state index contributed by atoms with van der Waals surface area (Å²) in [5, 5.41) is 31.2. The number of nitrogens with two attached hydrogens (primary N) is 1. The largest absolute Gasteiger partial charge is 0.504 e. The number of rotatable bonds is 6. The Balaban J connectivity index is 0.000000481. The molecule has 0 heterocycles. The van der Waals surface area contributed by atoms with Crippen molar-refractivity contribution in [1.29, 1.82) is 0 Å². The van der Waals surface area contributed by atoms with Gasteiger partial charge in [-0.2, -0.15) is 8.42 Å². The van der Waals surface area contributed by atoms with Crippen LogP contribution in [0.4, 0.5) is 0 Å². The van der Waals surface area contributed by atoms with Crippen LogP contribution in [0.1, 0.15) is 38.0 Å². The number of nitrogens with one attached hydrogen (secondary N) is 1. The van der Waals surface area contributed by atoms with Crippen LogP contribution in [0.2, 0.25) is 0 Å². The molecule has 170 valence electrons. The third-order valence-electron chi connectivity index (χ3n) is 3.50. The summed E-state index contributed by atoms with van der Waals surface area (Å²) in [6.07, 6.45) is 0.291. The molecular weight excluding hydrogens is 412 g/mol. The molecule has 0 radical (unpaired) electrons. The molecule has 0 aliphatic heterocycles. The number of aliphatic hydroxyl groups is 1. The van der Waals surface area contributed by atoms with Crippen molar-refractivity contribution in [2.75, 3.05) is 6.54 Å². The lowest BCUT2D eigenvalue weighted by Gasteiger charge is -2.14. The average Bonchev–Trinajstić information content (AvgIpc) is 2.61. The maximum absolute atomic E-state index is 9.73. The molecule has 8 N–H and O–H groups in total. The molecular formula is C20H32N2O7S. The summed E-state index contributed by atoms with van der Waals surface area (Å²) < 4.78 is 31.6. The number of hydrogen-bond acceptors (Lipinski definition) is 7. The van der Waals surface area contributed by atoms with Crippen LogP contribution in [-0.4, -0.2) is 51.5 Å². The second-order valence-electron chi connectivity index (χ2n) is 6.94. The molecule has 30 heavy (non-hydrogen) atoms. The molecule has 0 amide bonds. The van der Waals surface area contributed by atoms with Crippen LogP contribution in [-0.2, 0) is 16.8 Å². The van der Waals surface area contributed by atoms with Crippen LogP contribution >= 0.6 is 0 Å². The van der Waals surface area contributed by atoms with E-state index < -0.39 is 16.5 Å². The minimum atomic E-state index is -4.67. The van der Waals surface area contributed by atoms with Crippen molar-refractivity contribution in [3.8, 4) is 11.5 Å². The zero-order valence-electron chi connectivity index (χ0n) is 17.3. The van der Waals surface area contributed by atoms with E-state index in [0.29, 0.717) is 18.2 Å². The maximum atomic E-state index is 9.73. The van der Waals surface area contributed by atoms with Gasteiger partial charge >= 0.3 is 10.4 Å². The van der Waals surface area contributed by atoms with E-state index in [1.54, 1.807) is 6.07 Å². The highest BCUT2D eigenvalue weighted by atomic mass is 32.3. The van der Waals surface area contributed by atoms with Gasteiger partial charge in [0.1, 0.15) is 0 Å². The summed E-state index contributed by atoms with van der Waals surface area (Å²) >= 11 is 0. The van der Waals surface area contributed by atoms with E-state index >= 15 is 0 Å². The van der Waals surface area contributed by atoms with E-state index in [4.69, 9.17) is 28.4 Å². The number of benzene rings is 2. The Hall–Kier alpha value is -2.21. The Bertz CT molecular complexity index is 820. The van der Waals surface area contributed by atoms with Crippen LogP contribution in [0, 0.1) is 0 Å². The Morgan fingerprint density at radius 2 is 1.50 bits per heavy atom. The first-order valence-corrected chi connectivity index (χ1v) is 10.6. The molecule has 2 unspecified atom stereocenters. The van der Waals surface area contributed by atoms with Crippen LogP contribution in [0.15, 0.2) is 48.5 Å². The van der Waals surface area contributed by atoms with Crippen molar-refractivity contribution >= 4 is 10.4 Å². The van der Waals surface area contributed by atoms with Crippen LogP contribution in [0.5, 0.6) is 11.5 Å². The molecule has 0 saturated carbocycles. The van der Waals surface area contributed by atoms with E-state index in [-0.39, 0.29) is 17.5 Å². The van der Waals surface area contributed by atoms with Crippen LogP contribution < -0.4 is 11.1 Å². The standard InChI is InChI=1S/C11H17NO3.C9H13N.H2O4S/c1-7(2)12-6-11(15)8-3-4-9(13)10(14)5-8;1-8(10)7-9-5-3-2-4-6-9;1-5(2,3)4/h3-5,7,11-15H,6H2,1-2H3;2-6,8H,7,10H2,1H3;(H2,1,2,3,4). The van der Waals surface area contributed by atoms with E-state index in [1.165, 1.54) is 17.7 Å². The van der Waals surface area contributed by atoms with Gasteiger partial charge in [0.05, 0.1) is 6.10 Å². The van der Waals surface area contributed by atoms with E-state index in [0.717, 1.165) is 6.42 Å². The Kier molecular flexibility index (Phi) is 12.9. The van der Waals surface area contributed by atoms with Gasteiger partial charge in [-0.25, -0.2) is 0 Å². The number of phenols is 2. The summed E-state index contributed by atoms with van der Waals surface area (Å²) in [4.78, 5) is 0. The minimum Gasteiger partial charge on any atom is -0.504 e. The zero-order chi connectivity index (χ0) is 23.3. The molecule has 0 saturated heterocycles. The zero-order valence-corrected chi connectivity index (χ0v) is 18.1. The van der Waals surface area contributed by atoms with Gasteiger partial charge < -0.3 is 26.4 Å². The normalized spacial score (nSPS) is 12.8. The van der Waals surface area contributed by atoms with Gasteiger partial charge in [0.2, 0.25) is 0 Å². The highest BCUT2D eigenvalue weighted by molar-refractivity contribution is 7.79. The number of phenolic OH excluding ortho intramolecular Hbond substituents is 2. The Labute approximate surface area is 177 Å². The molecule has 0 aromatic heterocycles. The average molecular weight is 445 g/mol. The third kappa shape index (κ3) is 15.7. The molecule has 2 rings (SSSR count). The van der Waals surface area contributed by atoms with Gasteiger partial charge in [-0.15, -0.1) is 0 Å². The summed E-state index contributed by atoms with van der Waals surface area (Å²) in [6.45, 7) is 6.41. The Morgan fingerprint density at radius 3 is 1.93 bits per heavy atom. The predicted molar refractivity (Wildman–Crippen MR) is 116 cm³/mol. The van der Waals surface area contributed by atoms with Gasteiger partial charge in [0.25, 0.3) is 0 Å². The van der Waals surface area contributed by atoms with Crippen molar-refractivity contribution in [3.05, 3.63) is 59.7 Å². The first-order chi connectivity index (χ1) is 13.8. The lowest BCUT2D eigenvalue weighted by molar-refractivity contribution is 0.171. The fourth-order valence-corrected chi connectivity index (χ4v) is 2.20. The monoisotopic (exact) mass is 444 g/mol. The fraction of sp³-hybridized carbons (Fsp3) is 0.400. The van der Waals surface area contributed by atoms with E-state index in [9.17, 15) is 10.2 Å². The molecule has 10 heteroatoms. The predicted octanol–water partition coefficient (Wildman–Crippen LogP) is 2.05. The topological polar surface area (TPSA) is 173 Å². The number of aromatic hydroxyl groups is 2. The van der Waals surface area contributed by atoms with Gasteiger partial charge in [0, 0.05) is 18.6 Å². The summed E-state index contributed by atoms with van der Waals surface area (Å²) in [7, 11) is -4.67. The van der Waals surface area contributed by atoms with Crippen molar-refractivity contribution in [1.82, 2.24) is 5.32 Å². The minimum absolute atomic E-state index is 0.178. The highest BCUT2D eigenvalue weighted by Gasteiger charge is 2.10. The second-order valence-corrected chi connectivity index (χ2v) is 7.84. The third-order valence-corrected chi connectivity index (χ3v) is 3.50. The highest BCUT2D eigenvalue weighted by Crippen LogP contribution is 2.27. The molecule has 9 nitrogen and oxygen atoms in total. The van der Waals surface area contributed by atoms with Crippen molar-refractivity contribution in [2.24, 2.45) is 5.73 Å². The molecule has 0 spiro atoms. The lowest BCUT2D eigenvalue weighted by Crippen LogP contribution is -2.27. The molecule has 2 atom stereocenters.